The molecule has 0 bridgehead atoms. The van der Waals surface area contributed by atoms with Gasteiger partial charge in [-0.3, -0.25) is 9.69 Å². The molecule has 3 amide bonds. The van der Waals surface area contributed by atoms with E-state index in [1.807, 2.05) is 3.11 Å². The summed E-state index contributed by atoms with van der Waals surface area (Å²) >= 11 is 2.17. The first kappa shape index (κ1) is 9.20. The van der Waals surface area contributed by atoms with Crippen LogP contribution in [-0.2, 0) is 4.79 Å². The van der Waals surface area contributed by atoms with E-state index < -0.39 is 5.54 Å². The van der Waals surface area contributed by atoms with E-state index in [1.54, 1.807) is 0 Å². The Hall–Kier alpha value is -0.370. The molecule has 0 radical (unpaired) electrons. The Morgan fingerprint density at radius 2 is 2.23 bits per heavy atom. The summed E-state index contributed by atoms with van der Waals surface area (Å²) in [5.41, 5.74) is -0.632. The third-order valence-corrected chi connectivity index (χ3v) is 3.41. The largest absolute Gasteiger partial charge is 0.324 e. The van der Waals surface area contributed by atoms with Gasteiger partial charge in [-0.2, -0.15) is 0 Å². The highest BCUT2D eigenvalue weighted by molar-refractivity contribution is 14.1. The predicted molar refractivity (Wildman–Crippen MR) is 54.2 cm³/mol. The lowest BCUT2D eigenvalue weighted by atomic mass is 9.99. The van der Waals surface area contributed by atoms with Crippen molar-refractivity contribution in [1.82, 2.24) is 13.3 Å². The molecule has 0 aromatic rings. The zero-order valence-corrected chi connectivity index (χ0v) is 9.37. The minimum atomic E-state index is -0.632. The monoisotopic (exact) mass is 295 g/mol. The molecule has 0 aliphatic carbocycles. The summed E-state index contributed by atoms with van der Waals surface area (Å²) in [4.78, 5) is 24.1. The number of hydrogen-bond donors (Lipinski definition) is 1. The van der Waals surface area contributed by atoms with E-state index in [1.165, 1.54) is 7.05 Å². The third-order valence-electron chi connectivity index (χ3n) is 2.59. The van der Waals surface area contributed by atoms with Crippen LogP contribution in [0.3, 0.4) is 0 Å². The number of urea groups is 1. The number of rotatable bonds is 0. The number of likely N-dealkylation sites (N-methyl/N-ethyl adjacent to an activating group) is 1. The second-order valence-corrected chi connectivity index (χ2v) is 4.84. The first-order valence-corrected chi connectivity index (χ1v) is 5.03. The summed E-state index contributed by atoms with van der Waals surface area (Å²) in [5, 5.41) is 2.75. The maximum Gasteiger partial charge on any atom is 0.324 e. The van der Waals surface area contributed by atoms with Crippen LogP contribution in [0.15, 0.2) is 0 Å². The summed E-state index contributed by atoms with van der Waals surface area (Å²) in [6.45, 7) is 1.46. The van der Waals surface area contributed by atoms with Crippen molar-refractivity contribution in [1.29, 1.82) is 0 Å². The molecule has 0 saturated carbocycles. The fourth-order valence-electron chi connectivity index (χ4n) is 1.80. The zero-order chi connectivity index (χ0) is 9.64. The van der Waals surface area contributed by atoms with Gasteiger partial charge < -0.3 is 5.32 Å². The lowest BCUT2D eigenvalue weighted by molar-refractivity contribution is -0.129. The Bertz CT molecular complexity index is 283. The molecule has 2 fully saturated rings. The van der Waals surface area contributed by atoms with E-state index >= 15 is 0 Å². The van der Waals surface area contributed by atoms with Gasteiger partial charge in [0.1, 0.15) is 5.54 Å². The van der Waals surface area contributed by atoms with E-state index in [-0.39, 0.29) is 11.9 Å². The molecule has 5 nitrogen and oxygen atoms in total. The van der Waals surface area contributed by atoms with Crippen molar-refractivity contribution in [3.63, 3.8) is 0 Å². The van der Waals surface area contributed by atoms with Crippen molar-refractivity contribution in [3.05, 3.63) is 0 Å². The van der Waals surface area contributed by atoms with Crippen molar-refractivity contribution >= 4 is 34.8 Å². The Kier molecular flexibility index (Phi) is 1.99. The molecule has 2 aliphatic heterocycles. The molecule has 72 valence electrons. The Morgan fingerprint density at radius 1 is 1.54 bits per heavy atom. The number of carbonyl (C=O) groups is 2. The van der Waals surface area contributed by atoms with Gasteiger partial charge in [0.2, 0.25) is 0 Å². The number of carbonyl (C=O) groups excluding carboxylic acids is 2. The summed E-state index contributed by atoms with van der Waals surface area (Å²) in [6.07, 6.45) is 0.713. The van der Waals surface area contributed by atoms with Gasteiger partial charge in [0, 0.05) is 43.0 Å². The maximum atomic E-state index is 11.7. The van der Waals surface area contributed by atoms with E-state index in [0.717, 1.165) is 11.4 Å². The SMILES string of the molecule is CN1C(=O)NC2(CCN(I)C2)C1=O. The predicted octanol–water partition coefficient (Wildman–Crippen LogP) is -0.0375. The number of amides is 3. The third kappa shape index (κ3) is 1.23. The van der Waals surface area contributed by atoms with Crippen LogP contribution in [0.25, 0.3) is 0 Å². The molecular formula is C7H10IN3O2. The molecule has 0 aromatic carbocycles. The second-order valence-electron chi connectivity index (χ2n) is 3.47. The van der Waals surface area contributed by atoms with Gasteiger partial charge in [0.15, 0.2) is 0 Å². The molecule has 1 unspecified atom stereocenters. The number of hydrogen-bond acceptors (Lipinski definition) is 3. The zero-order valence-electron chi connectivity index (χ0n) is 7.21. The van der Waals surface area contributed by atoms with Crippen molar-refractivity contribution in [2.75, 3.05) is 20.1 Å². The van der Waals surface area contributed by atoms with Gasteiger partial charge in [-0.05, 0) is 6.42 Å². The molecule has 6 heteroatoms. The molecule has 1 spiro atoms. The average Bonchev–Trinajstić information content (AvgIpc) is 2.53. The first-order valence-electron chi connectivity index (χ1n) is 4.06. The molecule has 1 atom stereocenters. The molecule has 2 saturated heterocycles. The van der Waals surface area contributed by atoms with Crippen LogP contribution in [-0.4, -0.2) is 45.6 Å². The highest BCUT2D eigenvalue weighted by Crippen LogP contribution is 2.29. The molecule has 1 N–H and O–H groups in total. The van der Waals surface area contributed by atoms with Crippen molar-refractivity contribution < 1.29 is 9.59 Å². The van der Waals surface area contributed by atoms with Crippen LogP contribution >= 0.6 is 22.9 Å². The van der Waals surface area contributed by atoms with Crippen LogP contribution < -0.4 is 5.32 Å². The summed E-state index contributed by atoms with van der Waals surface area (Å²) in [7, 11) is 1.52. The summed E-state index contributed by atoms with van der Waals surface area (Å²) in [6, 6.07) is -0.281. The van der Waals surface area contributed by atoms with E-state index in [2.05, 4.69) is 28.2 Å². The first-order chi connectivity index (χ1) is 6.05. The molecule has 2 aliphatic rings. The van der Waals surface area contributed by atoms with Crippen LogP contribution in [0.2, 0.25) is 0 Å². The molecular weight excluding hydrogens is 285 g/mol. The molecule has 2 rings (SSSR count). The minimum absolute atomic E-state index is 0.100. The van der Waals surface area contributed by atoms with Gasteiger partial charge in [-0.1, -0.05) is 0 Å². The molecule has 13 heavy (non-hydrogen) atoms. The van der Waals surface area contributed by atoms with Crippen molar-refractivity contribution in [2.24, 2.45) is 0 Å². The summed E-state index contributed by atoms with van der Waals surface area (Å²) < 4.78 is 2.02. The Balaban J connectivity index is 2.26. The number of nitrogens with one attached hydrogen (secondary N) is 1. The minimum Gasteiger partial charge on any atom is -0.322 e. The van der Waals surface area contributed by atoms with Crippen LogP contribution in [0, 0.1) is 0 Å². The highest BCUT2D eigenvalue weighted by Gasteiger charge is 2.53. The topological polar surface area (TPSA) is 52.7 Å². The molecule has 2 heterocycles. The van der Waals surface area contributed by atoms with Gasteiger partial charge in [-0.15, -0.1) is 0 Å². The quantitative estimate of drug-likeness (QED) is 0.388. The average molecular weight is 295 g/mol. The smallest absolute Gasteiger partial charge is 0.322 e. The lowest BCUT2D eigenvalue weighted by Crippen LogP contribution is -2.48. The van der Waals surface area contributed by atoms with Crippen molar-refractivity contribution in [2.45, 2.75) is 12.0 Å². The van der Waals surface area contributed by atoms with E-state index in [9.17, 15) is 9.59 Å². The van der Waals surface area contributed by atoms with Gasteiger partial charge in [0.25, 0.3) is 5.91 Å². The fraction of sp³-hybridized carbons (Fsp3) is 0.714. The standard InChI is InChI=1S/C7H10IN3O2/c1-10-5(12)7(9-6(10)13)2-3-11(8)4-7/h2-4H2,1H3,(H,9,13). The molecule has 0 aromatic heterocycles. The van der Waals surface area contributed by atoms with Crippen molar-refractivity contribution in [3.8, 4) is 0 Å². The van der Waals surface area contributed by atoms with E-state index in [0.29, 0.717) is 13.0 Å². The Labute approximate surface area is 89.9 Å². The van der Waals surface area contributed by atoms with Crippen LogP contribution in [0.1, 0.15) is 6.42 Å². The number of nitrogens with zero attached hydrogens (tertiary/aromatic N) is 2. The van der Waals surface area contributed by atoms with Gasteiger partial charge >= 0.3 is 6.03 Å². The van der Waals surface area contributed by atoms with Crippen LogP contribution in [0.5, 0.6) is 0 Å². The maximum absolute atomic E-state index is 11.7. The highest BCUT2D eigenvalue weighted by atomic mass is 127. The van der Waals surface area contributed by atoms with Gasteiger partial charge in [0.05, 0.1) is 0 Å². The van der Waals surface area contributed by atoms with E-state index in [4.69, 9.17) is 0 Å². The normalized spacial score (nSPS) is 34.8. The van der Waals surface area contributed by atoms with Crippen LogP contribution in [0.4, 0.5) is 4.79 Å². The summed E-state index contributed by atoms with van der Waals surface area (Å²) in [5.74, 6) is -0.100. The fourth-order valence-corrected chi connectivity index (χ4v) is 2.62. The Morgan fingerprint density at radius 3 is 2.62 bits per heavy atom. The number of halogens is 1. The van der Waals surface area contributed by atoms with Gasteiger partial charge in [-0.25, -0.2) is 7.91 Å². The number of imide groups is 1. The lowest BCUT2D eigenvalue weighted by Gasteiger charge is -2.18. The second kappa shape index (κ2) is 2.81.